The molecule has 2 aromatic rings. The Hall–Kier alpha value is -5.47. The molecule has 0 spiro atoms. The molecule has 2 N–H and O–H groups in total. The van der Waals surface area contributed by atoms with Crippen LogP contribution in [-0.2, 0) is 68.4 Å². The van der Waals surface area contributed by atoms with Gasteiger partial charge in [-0.25, -0.2) is 9.86 Å². The van der Waals surface area contributed by atoms with Crippen LogP contribution in [0.25, 0.3) is 0 Å². The molecule has 9 heterocycles. The van der Waals surface area contributed by atoms with Gasteiger partial charge in [-0.1, -0.05) is 63.3 Å². The van der Waals surface area contributed by atoms with E-state index in [-0.39, 0.29) is 61.2 Å². The second kappa shape index (κ2) is 27.7. The highest BCUT2D eigenvalue weighted by Gasteiger charge is 2.56. The van der Waals surface area contributed by atoms with E-state index < -0.39 is 107 Å². The smallest absolute Gasteiger partial charge is 0.329 e. The van der Waals surface area contributed by atoms with Gasteiger partial charge in [0.25, 0.3) is 11.7 Å². The van der Waals surface area contributed by atoms with Crippen molar-refractivity contribution >= 4 is 40.9 Å². The van der Waals surface area contributed by atoms with Gasteiger partial charge >= 0.3 is 11.9 Å². The molecule has 83 heavy (non-hydrogen) atoms. The van der Waals surface area contributed by atoms with E-state index in [0.717, 1.165) is 17.0 Å². The highest BCUT2D eigenvalue weighted by Crippen LogP contribution is 2.46. The molecule has 8 aliphatic heterocycles. The minimum atomic E-state index is -2.47. The standard InChI is InChI=1S/C65H89N3O15/c1-38-30-41(4)57(70)59(79-10)58(71)42(5)31-39(2)51(69)36-54-49(33-43-23-26-52(55(34-43)78-9)81-63(75)64(6,7)37-44-18-14-15-28-66-44)48-22-17-29-67(56(48)62(74)80-54)61(73)60(72)65(76)27-16-21-46(82-65)35-53(77-8)40(3)32-47-24-25-50(38)68(83-47)45-19-12-11-13-20-45/h11-15,18-20,24-25,28,31-32,38-39,41,43,46-50,52-56,58-59,71,76H,16-17,21-23,26-27,29-30,33-37H2,1-10H3/b40-32+,42-31+/t38-,39+,41?,43-,46-,47?,48?,49-,50?,52?,53-,54-,55+,56?,58?,59-,65?/m0/s1. The van der Waals surface area contributed by atoms with E-state index in [1.165, 1.54) is 12.0 Å². The van der Waals surface area contributed by atoms with Crippen molar-refractivity contribution < 1.29 is 72.2 Å². The van der Waals surface area contributed by atoms with Crippen molar-refractivity contribution in [3.8, 4) is 0 Å². The zero-order valence-corrected chi connectivity index (χ0v) is 50.2. The molecule has 1 aromatic heterocycles. The first-order valence-electron chi connectivity index (χ1n) is 30.0. The topological polar surface area (TPSA) is 227 Å². The molecule has 0 radical (unpaired) electrons. The van der Waals surface area contributed by atoms with Crippen LogP contribution in [0.5, 0.6) is 0 Å². The lowest BCUT2D eigenvalue weighted by Crippen LogP contribution is -2.64. The number of pyridine rings is 1. The first-order chi connectivity index (χ1) is 39.6. The van der Waals surface area contributed by atoms with Crippen LogP contribution in [0.2, 0.25) is 0 Å². The van der Waals surface area contributed by atoms with Crippen LogP contribution in [0.1, 0.15) is 131 Å². The summed E-state index contributed by atoms with van der Waals surface area (Å²) >= 11 is 0. The molecule has 11 rings (SSSR count). The predicted octanol–water partition coefficient (Wildman–Crippen LogP) is 8.00. The number of aliphatic hydroxyl groups excluding tert-OH is 1. The van der Waals surface area contributed by atoms with Gasteiger partial charge in [-0.2, -0.15) is 0 Å². The monoisotopic (exact) mass is 1150 g/mol. The average Bonchev–Trinajstić information content (AvgIpc) is 2.56. The number of piperidine rings is 1. The molecule has 4 fully saturated rings. The van der Waals surface area contributed by atoms with Crippen LogP contribution in [0, 0.1) is 40.9 Å². The quantitative estimate of drug-likeness (QED) is 0.130. The summed E-state index contributed by atoms with van der Waals surface area (Å²) in [5.41, 5.74) is 1.88. The van der Waals surface area contributed by atoms with Gasteiger partial charge in [0.1, 0.15) is 42.3 Å². The van der Waals surface area contributed by atoms with Gasteiger partial charge in [-0.15, -0.1) is 0 Å². The van der Waals surface area contributed by atoms with E-state index in [0.29, 0.717) is 69.8 Å². The number of methoxy groups -OCH3 is 3. The Labute approximate surface area is 489 Å². The molecule has 1 aromatic carbocycles. The Morgan fingerprint density at radius 3 is 2.29 bits per heavy atom. The number of ether oxygens (including phenoxy) is 6. The number of aliphatic hydroxyl groups is 2. The molecule has 18 nitrogen and oxygen atoms in total. The number of benzene rings is 1. The summed E-state index contributed by atoms with van der Waals surface area (Å²) in [5.74, 6) is -8.89. The van der Waals surface area contributed by atoms with Crippen molar-refractivity contribution in [1.82, 2.24) is 9.88 Å². The normalized spacial score (nSPS) is 36.9. The molecule has 1 saturated carbocycles. The number of para-hydroxylation sites is 1. The zero-order chi connectivity index (χ0) is 59.9. The molecule has 9 aliphatic rings. The first kappa shape index (κ1) is 63.5. The minimum absolute atomic E-state index is 0.0457. The summed E-state index contributed by atoms with van der Waals surface area (Å²) in [5, 5.41) is 25.8. The maximum absolute atomic E-state index is 14.7. The van der Waals surface area contributed by atoms with Crippen molar-refractivity contribution in [2.75, 3.05) is 32.9 Å². The number of hydrogen-bond acceptors (Lipinski definition) is 17. The number of hydrogen-bond donors (Lipinski definition) is 2. The molecule has 3 saturated heterocycles. The van der Waals surface area contributed by atoms with Crippen LogP contribution in [-0.4, -0.2) is 150 Å². The number of carbonyl (C=O) groups excluding carboxylic acids is 6. The van der Waals surface area contributed by atoms with Crippen molar-refractivity contribution in [3.05, 3.63) is 95.9 Å². The average molecular weight is 1150 g/mol. The Balaban J connectivity index is 1.08. The Morgan fingerprint density at radius 2 is 1.59 bits per heavy atom. The van der Waals surface area contributed by atoms with E-state index in [9.17, 15) is 39.0 Å². The number of esters is 2. The largest absolute Gasteiger partial charge is 0.460 e. The van der Waals surface area contributed by atoms with Crippen LogP contribution in [0.3, 0.4) is 0 Å². The third-order valence-corrected chi connectivity index (χ3v) is 18.6. The van der Waals surface area contributed by atoms with E-state index in [1.807, 2.05) is 100 Å². The third-order valence-electron chi connectivity index (χ3n) is 18.6. The lowest BCUT2D eigenvalue weighted by atomic mass is 9.68. The summed E-state index contributed by atoms with van der Waals surface area (Å²) in [6.07, 6.45) is 7.61. The fourth-order valence-corrected chi connectivity index (χ4v) is 13.8. The lowest BCUT2D eigenvalue weighted by Gasteiger charge is -2.50. The number of ketones is 3. The SMILES string of the molecule is CO[C@H]1C[C@@H]2CCCC(O)(O2)C(=O)C(=O)N2CCCC3C2C(=O)O[C@@H](CC(=O)[C@H](C)/C=C(\C)C(O)[C@@H](OC)C(=O)C(C)C[C@H](C)C2C=CC(/C=C/1C)ON2c1ccccc1)[C@H]3C[C@@H]1CCC(OC(=O)C(C)(C)Cc2ccccn2)[C@H](OC)C1. The molecule has 454 valence electrons. The predicted molar refractivity (Wildman–Crippen MR) is 308 cm³/mol. The maximum atomic E-state index is 14.7. The Kier molecular flexibility index (Phi) is 21.2. The summed E-state index contributed by atoms with van der Waals surface area (Å²) in [4.78, 5) is 98.9. The lowest BCUT2D eigenvalue weighted by molar-refractivity contribution is -0.245. The molecular weight excluding hydrogens is 1060 g/mol. The second-order valence-corrected chi connectivity index (χ2v) is 25.1. The molecule has 1 amide bonds. The van der Waals surface area contributed by atoms with E-state index >= 15 is 0 Å². The summed E-state index contributed by atoms with van der Waals surface area (Å²) in [6.45, 7) is 12.9. The highest BCUT2D eigenvalue weighted by molar-refractivity contribution is 6.39. The van der Waals surface area contributed by atoms with Gasteiger partial charge in [0, 0.05) is 83.2 Å². The number of allylic oxidation sites excluding steroid dienone is 1. The summed E-state index contributed by atoms with van der Waals surface area (Å²) in [6, 6.07) is 13.8. The number of rotatable bonds is 10. The zero-order valence-electron chi connectivity index (χ0n) is 50.2. The van der Waals surface area contributed by atoms with Crippen molar-refractivity contribution in [1.29, 1.82) is 0 Å². The maximum Gasteiger partial charge on any atom is 0.329 e. The van der Waals surface area contributed by atoms with E-state index in [1.54, 1.807) is 40.3 Å². The molecular formula is C65H89N3O15. The molecule has 8 bridgehead atoms. The second-order valence-electron chi connectivity index (χ2n) is 25.1. The molecule has 1 aliphatic carbocycles. The number of nitrogens with zero attached hydrogens (tertiary/aromatic N) is 3. The fraction of sp³-hybridized carbons (Fsp3) is 0.646. The van der Waals surface area contributed by atoms with Gasteiger partial charge < -0.3 is 43.5 Å². The third kappa shape index (κ3) is 14.8. The molecule has 17 atom stereocenters. The highest BCUT2D eigenvalue weighted by atomic mass is 16.7. The van der Waals surface area contributed by atoms with Crippen LogP contribution < -0.4 is 5.06 Å². The van der Waals surface area contributed by atoms with Gasteiger partial charge in [0.05, 0.1) is 35.5 Å². The Bertz CT molecular complexity index is 2700. The Morgan fingerprint density at radius 1 is 0.843 bits per heavy atom. The van der Waals surface area contributed by atoms with Crippen molar-refractivity contribution in [3.63, 3.8) is 0 Å². The van der Waals surface area contributed by atoms with E-state index in [2.05, 4.69) is 11.1 Å². The van der Waals surface area contributed by atoms with Crippen LogP contribution >= 0.6 is 0 Å². The molecule has 8 unspecified atom stereocenters. The van der Waals surface area contributed by atoms with E-state index in [4.69, 9.17) is 33.3 Å². The minimum Gasteiger partial charge on any atom is -0.460 e. The van der Waals surface area contributed by atoms with Gasteiger partial charge in [-0.3, -0.25) is 33.8 Å². The number of hydroxylamine groups is 1. The number of carbonyl (C=O) groups is 6. The van der Waals surface area contributed by atoms with Crippen LogP contribution in [0.15, 0.2) is 90.2 Å². The van der Waals surface area contributed by atoms with Crippen molar-refractivity contribution in [2.45, 2.75) is 199 Å². The van der Waals surface area contributed by atoms with Crippen LogP contribution in [0.4, 0.5) is 5.69 Å². The summed E-state index contributed by atoms with van der Waals surface area (Å²) in [7, 11) is 4.55. The van der Waals surface area contributed by atoms with Gasteiger partial charge in [0.2, 0.25) is 5.79 Å². The number of amides is 1. The molecule has 18 heteroatoms. The van der Waals surface area contributed by atoms with Gasteiger partial charge in [-0.05, 0) is 145 Å². The number of Topliss-reactive ketones (excluding diaryl/α,β-unsaturated/α-hetero) is 3. The fourth-order valence-electron chi connectivity index (χ4n) is 13.8. The summed E-state index contributed by atoms with van der Waals surface area (Å²) < 4.78 is 36.6. The van der Waals surface area contributed by atoms with Gasteiger partial charge in [0.15, 0.2) is 5.78 Å². The number of anilines is 1. The number of aromatic nitrogens is 1. The first-order valence-corrected chi connectivity index (χ1v) is 30.0. The van der Waals surface area contributed by atoms with Crippen molar-refractivity contribution in [2.24, 2.45) is 40.9 Å².